The Balaban J connectivity index is 1.88. The Kier molecular flexibility index (Phi) is 5.39. The van der Waals surface area contributed by atoms with E-state index in [9.17, 15) is 18.0 Å². The topological polar surface area (TPSA) is 38.1 Å². The van der Waals surface area contributed by atoms with Crippen molar-refractivity contribution < 1.29 is 18.0 Å². The summed E-state index contributed by atoms with van der Waals surface area (Å²) in [6.07, 6.45) is 5.95. The SMILES string of the molecule is Cn1nc(C(=O)N(C2CCCCC2)C2CCCCC2)cc1C(F)(F)F. The highest BCUT2D eigenvalue weighted by Crippen LogP contribution is 2.33. The molecule has 2 saturated carbocycles. The Morgan fingerprint density at radius 3 is 1.92 bits per heavy atom. The predicted molar refractivity (Wildman–Crippen MR) is 88.1 cm³/mol. The molecule has 0 N–H and O–H groups in total. The molecule has 2 aliphatic rings. The quantitative estimate of drug-likeness (QED) is 0.796. The summed E-state index contributed by atoms with van der Waals surface area (Å²) in [4.78, 5) is 15.0. The second-order valence-corrected chi connectivity index (χ2v) is 7.33. The zero-order chi connectivity index (χ0) is 18.0. The van der Waals surface area contributed by atoms with Crippen molar-refractivity contribution in [2.24, 2.45) is 7.05 Å². The van der Waals surface area contributed by atoms with Gasteiger partial charge in [-0.15, -0.1) is 0 Å². The Hall–Kier alpha value is -1.53. The van der Waals surface area contributed by atoms with Gasteiger partial charge in [-0.25, -0.2) is 0 Å². The molecule has 2 fully saturated rings. The molecule has 1 aromatic rings. The van der Waals surface area contributed by atoms with Gasteiger partial charge < -0.3 is 4.90 Å². The van der Waals surface area contributed by atoms with Crippen LogP contribution in [0.3, 0.4) is 0 Å². The van der Waals surface area contributed by atoms with E-state index in [2.05, 4.69) is 5.10 Å². The standard InChI is InChI=1S/C18H26F3N3O/c1-23-16(18(19,20)21)12-15(22-23)17(25)24(13-8-4-2-5-9-13)14-10-6-3-7-11-14/h12-14H,2-11H2,1H3. The second kappa shape index (κ2) is 7.38. The number of carbonyl (C=O) groups is 1. The van der Waals surface area contributed by atoms with Crippen molar-refractivity contribution in [3.8, 4) is 0 Å². The summed E-state index contributed by atoms with van der Waals surface area (Å²) in [6.45, 7) is 0. The van der Waals surface area contributed by atoms with Crippen LogP contribution in [0.5, 0.6) is 0 Å². The number of carbonyl (C=O) groups excluding carboxylic acids is 1. The molecule has 7 heteroatoms. The van der Waals surface area contributed by atoms with Crippen molar-refractivity contribution in [3.63, 3.8) is 0 Å². The lowest BCUT2D eigenvalue weighted by atomic mass is 9.88. The van der Waals surface area contributed by atoms with Gasteiger partial charge in [0.05, 0.1) is 0 Å². The molecule has 0 aromatic carbocycles. The molecular formula is C18H26F3N3O. The molecule has 0 aliphatic heterocycles. The van der Waals surface area contributed by atoms with Gasteiger partial charge in [-0.05, 0) is 25.7 Å². The van der Waals surface area contributed by atoms with Crippen molar-refractivity contribution in [1.82, 2.24) is 14.7 Å². The maximum absolute atomic E-state index is 13.1. The van der Waals surface area contributed by atoms with Crippen LogP contribution < -0.4 is 0 Å². The smallest absolute Gasteiger partial charge is 0.331 e. The molecule has 1 amide bonds. The Morgan fingerprint density at radius 1 is 1.04 bits per heavy atom. The summed E-state index contributed by atoms with van der Waals surface area (Å²) in [5.74, 6) is -0.329. The Labute approximate surface area is 146 Å². The molecule has 4 nitrogen and oxygen atoms in total. The van der Waals surface area contributed by atoms with E-state index < -0.39 is 11.9 Å². The first kappa shape index (κ1) is 18.3. The highest BCUT2D eigenvalue weighted by atomic mass is 19.4. The predicted octanol–water partition coefficient (Wildman–Crippen LogP) is 4.55. The van der Waals surface area contributed by atoms with E-state index in [1.54, 1.807) is 0 Å². The van der Waals surface area contributed by atoms with E-state index >= 15 is 0 Å². The van der Waals surface area contributed by atoms with E-state index in [1.807, 2.05) is 4.90 Å². The highest BCUT2D eigenvalue weighted by Gasteiger charge is 2.38. The zero-order valence-electron chi connectivity index (χ0n) is 14.7. The third-order valence-corrected chi connectivity index (χ3v) is 5.56. The fourth-order valence-corrected chi connectivity index (χ4v) is 4.32. The van der Waals surface area contributed by atoms with Crippen molar-refractivity contribution in [2.45, 2.75) is 82.5 Å². The summed E-state index contributed by atoms with van der Waals surface area (Å²) in [6, 6.07) is 1.18. The van der Waals surface area contributed by atoms with Crippen molar-refractivity contribution >= 4 is 5.91 Å². The lowest BCUT2D eigenvalue weighted by Gasteiger charge is -2.41. The lowest BCUT2D eigenvalue weighted by molar-refractivity contribution is -0.143. The number of hydrogen-bond acceptors (Lipinski definition) is 2. The van der Waals surface area contributed by atoms with Crippen LogP contribution in [0.15, 0.2) is 6.07 Å². The number of aromatic nitrogens is 2. The first-order valence-corrected chi connectivity index (χ1v) is 9.32. The fraction of sp³-hybridized carbons (Fsp3) is 0.778. The van der Waals surface area contributed by atoms with Crippen molar-refractivity contribution in [1.29, 1.82) is 0 Å². The molecule has 0 saturated heterocycles. The van der Waals surface area contributed by atoms with Crippen LogP contribution in [0.4, 0.5) is 13.2 Å². The fourth-order valence-electron chi connectivity index (χ4n) is 4.32. The molecular weight excluding hydrogens is 331 g/mol. The van der Waals surface area contributed by atoms with Gasteiger partial charge in [-0.2, -0.15) is 18.3 Å². The summed E-state index contributed by atoms with van der Waals surface area (Å²) in [5.41, 5.74) is -0.950. The minimum absolute atomic E-state index is 0.0778. The largest absolute Gasteiger partial charge is 0.433 e. The van der Waals surface area contributed by atoms with Gasteiger partial charge in [0.1, 0.15) is 5.69 Å². The van der Waals surface area contributed by atoms with Crippen molar-refractivity contribution in [2.75, 3.05) is 0 Å². The number of hydrogen-bond donors (Lipinski definition) is 0. The molecule has 140 valence electrons. The molecule has 1 heterocycles. The van der Waals surface area contributed by atoms with Gasteiger partial charge in [0, 0.05) is 25.2 Å². The number of aryl methyl sites for hydroxylation is 1. The molecule has 0 bridgehead atoms. The third kappa shape index (κ3) is 4.01. The van der Waals surface area contributed by atoms with Crippen molar-refractivity contribution in [3.05, 3.63) is 17.5 Å². The van der Waals surface area contributed by atoms with Crippen LogP contribution in [0.25, 0.3) is 0 Å². The molecule has 3 rings (SSSR count). The van der Waals surface area contributed by atoms with Gasteiger partial charge in [-0.1, -0.05) is 38.5 Å². The van der Waals surface area contributed by atoms with Crippen LogP contribution in [0.1, 0.15) is 80.4 Å². The average Bonchev–Trinajstić information content (AvgIpc) is 2.99. The van der Waals surface area contributed by atoms with Crippen LogP contribution in [0.2, 0.25) is 0 Å². The molecule has 1 aromatic heterocycles. The maximum atomic E-state index is 13.1. The average molecular weight is 357 g/mol. The zero-order valence-corrected chi connectivity index (χ0v) is 14.7. The van der Waals surface area contributed by atoms with E-state index in [0.29, 0.717) is 0 Å². The number of alkyl halides is 3. The minimum Gasteiger partial charge on any atom is -0.331 e. The number of amides is 1. The van der Waals surface area contributed by atoms with Crippen LogP contribution in [-0.2, 0) is 13.2 Å². The molecule has 2 aliphatic carbocycles. The molecule has 0 atom stereocenters. The molecule has 25 heavy (non-hydrogen) atoms. The summed E-state index contributed by atoms with van der Waals surface area (Å²) < 4.78 is 39.9. The van der Waals surface area contributed by atoms with E-state index in [-0.39, 0.29) is 23.7 Å². The number of rotatable bonds is 3. The second-order valence-electron chi connectivity index (χ2n) is 7.33. The highest BCUT2D eigenvalue weighted by molar-refractivity contribution is 5.93. The van der Waals surface area contributed by atoms with Crippen LogP contribution >= 0.6 is 0 Å². The van der Waals surface area contributed by atoms with Gasteiger partial charge in [0.25, 0.3) is 5.91 Å². The third-order valence-electron chi connectivity index (χ3n) is 5.56. The van der Waals surface area contributed by atoms with E-state index in [4.69, 9.17) is 0 Å². The van der Waals surface area contributed by atoms with Gasteiger partial charge in [0.15, 0.2) is 5.69 Å². The number of halogens is 3. The minimum atomic E-state index is -4.50. The Morgan fingerprint density at radius 2 is 1.52 bits per heavy atom. The van der Waals surface area contributed by atoms with Gasteiger partial charge in [-0.3, -0.25) is 9.48 Å². The van der Waals surface area contributed by atoms with E-state index in [0.717, 1.165) is 62.1 Å². The molecule has 0 radical (unpaired) electrons. The normalized spacial score (nSPS) is 20.6. The maximum Gasteiger partial charge on any atom is 0.433 e. The Bertz CT molecular complexity index is 581. The first-order chi connectivity index (χ1) is 11.9. The summed E-state index contributed by atoms with van der Waals surface area (Å²) in [5, 5.41) is 3.89. The van der Waals surface area contributed by atoms with Gasteiger partial charge >= 0.3 is 6.18 Å². The van der Waals surface area contributed by atoms with Crippen LogP contribution in [0, 0.1) is 0 Å². The van der Waals surface area contributed by atoms with Crippen LogP contribution in [-0.4, -0.2) is 32.7 Å². The molecule has 0 spiro atoms. The van der Waals surface area contributed by atoms with E-state index in [1.165, 1.54) is 19.9 Å². The lowest BCUT2D eigenvalue weighted by Crippen LogP contribution is -2.49. The summed E-state index contributed by atoms with van der Waals surface area (Å²) in [7, 11) is 1.24. The monoisotopic (exact) mass is 357 g/mol. The van der Waals surface area contributed by atoms with Gasteiger partial charge in [0.2, 0.25) is 0 Å². The number of nitrogens with zero attached hydrogens (tertiary/aromatic N) is 3. The molecule has 0 unspecified atom stereocenters. The summed E-state index contributed by atoms with van der Waals surface area (Å²) >= 11 is 0. The first-order valence-electron chi connectivity index (χ1n) is 9.32.